The fourth-order valence-corrected chi connectivity index (χ4v) is 3.58. The molecular weight excluding hydrogens is 294 g/mol. The number of pyridine rings is 1. The van der Waals surface area contributed by atoms with Crippen LogP contribution < -0.4 is 5.43 Å². The number of hydrogen-bond donors (Lipinski definition) is 1. The topological polar surface area (TPSA) is 65.6 Å². The number of nitrogens with one attached hydrogen (secondary N) is 1. The lowest BCUT2D eigenvalue weighted by Gasteiger charge is -2.44. The van der Waals surface area contributed by atoms with Crippen molar-refractivity contribution >= 4 is 5.91 Å². The first kappa shape index (κ1) is 16.2. The monoisotopic (exact) mass is 319 g/mol. The van der Waals surface area contributed by atoms with E-state index in [1.54, 1.807) is 13.1 Å². The number of hydrogen-bond acceptors (Lipinski definition) is 4. The number of carbonyl (C=O) groups excluding carboxylic acids is 1. The van der Waals surface area contributed by atoms with E-state index in [4.69, 9.17) is 4.74 Å². The molecule has 0 saturated carbocycles. The van der Waals surface area contributed by atoms with Gasteiger partial charge in [0.1, 0.15) is 5.56 Å². The van der Waals surface area contributed by atoms with Gasteiger partial charge < -0.3 is 14.6 Å². The van der Waals surface area contributed by atoms with Gasteiger partial charge >= 0.3 is 0 Å². The Bertz CT molecular complexity index is 622. The van der Waals surface area contributed by atoms with E-state index < -0.39 is 0 Å². The van der Waals surface area contributed by atoms with E-state index in [0.29, 0.717) is 18.2 Å². The van der Waals surface area contributed by atoms with Gasteiger partial charge in [0.15, 0.2) is 5.43 Å². The first-order valence-corrected chi connectivity index (χ1v) is 8.38. The maximum atomic E-state index is 12.7. The van der Waals surface area contributed by atoms with Crippen molar-refractivity contribution in [3.8, 4) is 0 Å². The average molecular weight is 319 g/mol. The highest BCUT2D eigenvalue weighted by Gasteiger charge is 2.32. The second kappa shape index (κ2) is 6.84. The van der Waals surface area contributed by atoms with Gasteiger partial charge in [-0.05, 0) is 26.7 Å². The van der Waals surface area contributed by atoms with Gasteiger partial charge in [-0.15, -0.1) is 0 Å². The lowest BCUT2D eigenvalue weighted by atomic mass is 10.0. The molecule has 0 spiro atoms. The van der Waals surface area contributed by atoms with Gasteiger partial charge in [0.25, 0.3) is 5.91 Å². The summed E-state index contributed by atoms with van der Waals surface area (Å²) in [5, 5.41) is 0. The third-order valence-corrected chi connectivity index (χ3v) is 4.99. The van der Waals surface area contributed by atoms with Crippen LogP contribution in [0.3, 0.4) is 0 Å². The summed E-state index contributed by atoms with van der Waals surface area (Å²) in [7, 11) is 0. The Morgan fingerprint density at radius 1 is 1.26 bits per heavy atom. The van der Waals surface area contributed by atoms with E-state index in [2.05, 4.69) is 16.8 Å². The molecule has 3 rings (SSSR count). The molecule has 2 aliphatic rings. The number of nitrogens with zero attached hydrogens (tertiary/aromatic N) is 2. The number of carbonyl (C=O) groups is 1. The van der Waals surface area contributed by atoms with Crippen molar-refractivity contribution in [1.29, 1.82) is 0 Å². The van der Waals surface area contributed by atoms with Crippen molar-refractivity contribution in [3.05, 3.63) is 33.7 Å². The molecule has 6 nitrogen and oxygen atoms in total. The van der Waals surface area contributed by atoms with Crippen LogP contribution in [0.1, 0.15) is 35.7 Å². The van der Waals surface area contributed by atoms with E-state index >= 15 is 0 Å². The molecule has 1 aromatic heterocycles. The largest absolute Gasteiger partial charge is 0.381 e. The molecule has 6 heteroatoms. The number of aryl methyl sites for hydroxylation is 1. The summed E-state index contributed by atoms with van der Waals surface area (Å²) in [5.41, 5.74) is 0.647. The smallest absolute Gasteiger partial charge is 0.259 e. The number of ether oxygens (including phenoxy) is 1. The maximum absolute atomic E-state index is 12.7. The minimum atomic E-state index is -0.173. The van der Waals surface area contributed by atoms with Gasteiger partial charge in [0, 0.05) is 62.9 Å². The van der Waals surface area contributed by atoms with Crippen LogP contribution >= 0.6 is 0 Å². The van der Waals surface area contributed by atoms with Crippen molar-refractivity contribution in [3.63, 3.8) is 0 Å². The summed E-state index contributed by atoms with van der Waals surface area (Å²) in [6, 6.07) is 0.671. The van der Waals surface area contributed by atoms with E-state index in [9.17, 15) is 9.59 Å². The summed E-state index contributed by atoms with van der Waals surface area (Å²) < 4.78 is 5.43. The van der Waals surface area contributed by atoms with E-state index in [-0.39, 0.29) is 22.9 Å². The van der Waals surface area contributed by atoms with Crippen LogP contribution in [0.15, 0.2) is 17.2 Å². The Labute approximate surface area is 136 Å². The van der Waals surface area contributed by atoms with Gasteiger partial charge in [0.05, 0.1) is 0 Å². The van der Waals surface area contributed by atoms with Gasteiger partial charge in [-0.3, -0.25) is 14.5 Å². The van der Waals surface area contributed by atoms with Gasteiger partial charge in [0.2, 0.25) is 0 Å². The minimum Gasteiger partial charge on any atom is -0.381 e. The third-order valence-electron chi connectivity index (χ3n) is 4.99. The molecule has 3 heterocycles. The second-order valence-electron chi connectivity index (χ2n) is 6.57. The fourth-order valence-electron chi connectivity index (χ4n) is 3.58. The Balaban J connectivity index is 1.69. The van der Waals surface area contributed by atoms with Crippen LogP contribution in [-0.2, 0) is 4.74 Å². The Hall–Kier alpha value is -1.66. The SMILES string of the molecule is Cc1c[nH]cc(C(=O)N2CCN(C3CCOCC3)C[C@@H]2C)c1=O. The van der Waals surface area contributed by atoms with E-state index in [1.165, 1.54) is 6.20 Å². The van der Waals surface area contributed by atoms with Crippen LogP contribution in [0.25, 0.3) is 0 Å². The lowest BCUT2D eigenvalue weighted by molar-refractivity contribution is 0.000662. The molecule has 1 atom stereocenters. The highest BCUT2D eigenvalue weighted by atomic mass is 16.5. The van der Waals surface area contributed by atoms with E-state index in [0.717, 1.165) is 39.1 Å². The molecule has 0 aromatic carbocycles. The molecular formula is C17H25N3O3. The normalized spacial score (nSPS) is 23.9. The standard InChI is InChI=1S/C17H25N3O3/c1-12-9-18-10-15(16(12)21)17(22)20-6-5-19(11-13(20)2)14-3-7-23-8-4-14/h9-10,13-14H,3-8,11H2,1-2H3,(H,18,21)/t13-/m0/s1. The first-order chi connectivity index (χ1) is 11.1. The van der Waals surface area contributed by atoms with Crippen molar-refractivity contribution in [2.45, 2.75) is 38.8 Å². The molecule has 2 saturated heterocycles. The number of piperazine rings is 1. The molecule has 0 unspecified atom stereocenters. The predicted octanol–water partition coefficient (Wildman–Crippen LogP) is 1.01. The molecule has 0 bridgehead atoms. The van der Waals surface area contributed by atoms with E-state index in [1.807, 2.05) is 4.90 Å². The van der Waals surface area contributed by atoms with Crippen molar-refractivity contribution in [2.75, 3.05) is 32.8 Å². The number of amides is 1. The van der Waals surface area contributed by atoms with Crippen LogP contribution in [0.2, 0.25) is 0 Å². The Morgan fingerprint density at radius 2 is 2.00 bits per heavy atom. The molecule has 1 aromatic rings. The van der Waals surface area contributed by atoms with Crippen molar-refractivity contribution < 1.29 is 9.53 Å². The summed E-state index contributed by atoms with van der Waals surface area (Å²) in [4.78, 5) is 32.1. The zero-order valence-electron chi connectivity index (χ0n) is 13.9. The average Bonchev–Trinajstić information content (AvgIpc) is 2.57. The molecule has 1 N–H and O–H groups in total. The molecule has 23 heavy (non-hydrogen) atoms. The number of rotatable bonds is 2. The molecule has 2 aliphatic heterocycles. The van der Waals surface area contributed by atoms with Gasteiger partial charge in [-0.2, -0.15) is 0 Å². The molecule has 0 radical (unpaired) electrons. The predicted molar refractivity (Wildman–Crippen MR) is 87.7 cm³/mol. The zero-order valence-corrected chi connectivity index (χ0v) is 13.9. The number of aromatic nitrogens is 1. The maximum Gasteiger partial charge on any atom is 0.259 e. The molecule has 0 aliphatic carbocycles. The van der Waals surface area contributed by atoms with Crippen LogP contribution in [-0.4, -0.2) is 65.6 Å². The number of H-pyrrole nitrogens is 1. The Morgan fingerprint density at radius 3 is 2.70 bits per heavy atom. The lowest BCUT2D eigenvalue weighted by Crippen LogP contribution is -2.57. The zero-order chi connectivity index (χ0) is 16.4. The van der Waals surface area contributed by atoms with Crippen molar-refractivity contribution in [2.24, 2.45) is 0 Å². The summed E-state index contributed by atoms with van der Waals surface area (Å²) in [5.74, 6) is -0.158. The quantitative estimate of drug-likeness (QED) is 0.883. The molecule has 126 valence electrons. The summed E-state index contributed by atoms with van der Waals surface area (Å²) in [6.07, 6.45) is 5.29. The highest BCUT2D eigenvalue weighted by Crippen LogP contribution is 2.20. The fraction of sp³-hybridized carbons (Fsp3) is 0.647. The molecule has 1 amide bonds. The van der Waals surface area contributed by atoms with Gasteiger partial charge in [-0.25, -0.2) is 0 Å². The second-order valence-corrected chi connectivity index (χ2v) is 6.57. The summed E-state index contributed by atoms with van der Waals surface area (Å²) in [6.45, 7) is 7.85. The highest BCUT2D eigenvalue weighted by molar-refractivity contribution is 5.94. The van der Waals surface area contributed by atoms with Crippen molar-refractivity contribution in [1.82, 2.24) is 14.8 Å². The third kappa shape index (κ3) is 3.33. The molecule has 2 fully saturated rings. The van der Waals surface area contributed by atoms with Crippen LogP contribution in [0.4, 0.5) is 0 Å². The van der Waals surface area contributed by atoms with Crippen LogP contribution in [0.5, 0.6) is 0 Å². The minimum absolute atomic E-state index is 0.110. The number of aromatic amines is 1. The van der Waals surface area contributed by atoms with Crippen LogP contribution in [0, 0.1) is 6.92 Å². The summed E-state index contributed by atoms with van der Waals surface area (Å²) >= 11 is 0. The van der Waals surface area contributed by atoms with Gasteiger partial charge in [-0.1, -0.05) is 0 Å². The first-order valence-electron chi connectivity index (χ1n) is 8.38. The Kier molecular flexibility index (Phi) is 4.82.